The molecule has 0 bridgehead atoms. The van der Waals surface area contributed by atoms with E-state index in [1.54, 1.807) is 11.3 Å². The van der Waals surface area contributed by atoms with Gasteiger partial charge in [-0.05, 0) is 51.4 Å². The fraction of sp³-hybridized carbons (Fsp3) is 0.471. The van der Waals surface area contributed by atoms with Gasteiger partial charge in [-0.15, -0.1) is 11.3 Å². The highest BCUT2D eigenvalue weighted by Crippen LogP contribution is 2.24. The summed E-state index contributed by atoms with van der Waals surface area (Å²) in [7, 11) is 2.22. The molecule has 1 aliphatic heterocycles. The monoisotopic (exact) mass is 301 g/mol. The first-order valence-electron chi connectivity index (χ1n) is 7.66. The Labute approximate surface area is 131 Å². The molecule has 1 fully saturated rings. The minimum atomic E-state index is 0.758. The number of aryl methyl sites for hydroxylation is 1. The predicted molar refractivity (Wildman–Crippen MR) is 91.0 cm³/mol. The number of piperidine rings is 1. The minimum Gasteiger partial charge on any atom is -0.385 e. The molecule has 4 heteroatoms. The van der Waals surface area contributed by atoms with Crippen LogP contribution in [0.1, 0.15) is 17.8 Å². The molecule has 3 nitrogen and oxygen atoms in total. The van der Waals surface area contributed by atoms with Crippen molar-refractivity contribution in [3.63, 3.8) is 0 Å². The van der Waals surface area contributed by atoms with E-state index in [4.69, 9.17) is 0 Å². The van der Waals surface area contributed by atoms with E-state index in [9.17, 15) is 0 Å². The van der Waals surface area contributed by atoms with Crippen molar-refractivity contribution in [2.24, 2.45) is 5.92 Å². The van der Waals surface area contributed by atoms with Crippen LogP contribution in [-0.4, -0.2) is 36.6 Å². The van der Waals surface area contributed by atoms with Gasteiger partial charge in [0.1, 0.15) is 0 Å². The van der Waals surface area contributed by atoms with Crippen LogP contribution < -0.4 is 5.32 Å². The standard InChI is InChI=1S/C17H23N3S/c1-13-19-17(12-21-13)15-6-3-7-16(9-15)18-10-14-5-4-8-20(2)11-14/h3,6-7,9,12,14,18H,4-5,8,10-11H2,1-2H3. The number of likely N-dealkylation sites (tertiary alicyclic amines) is 1. The lowest BCUT2D eigenvalue weighted by atomic mass is 9.98. The van der Waals surface area contributed by atoms with Crippen LogP contribution in [-0.2, 0) is 0 Å². The summed E-state index contributed by atoms with van der Waals surface area (Å²) >= 11 is 1.70. The summed E-state index contributed by atoms with van der Waals surface area (Å²) in [6.45, 7) is 5.56. The average Bonchev–Trinajstić information content (AvgIpc) is 2.92. The van der Waals surface area contributed by atoms with E-state index in [1.807, 2.05) is 0 Å². The molecule has 1 aromatic carbocycles. The third-order valence-electron chi connectivity index (χ3n) is 4.09. The molecule has 3 rings (SSSR count). The molecule has 0 radical (unpaired) electrons. The molecular weight excluding hydrogens is 278 g/mol. The van der Waals surface area contributed by atoms with Gasteiger partial charge in [-0.1, -0.05) is 12.1 Å². The van der Waals surface area contributed by atoms with E-state index in [1.165, 1.54) is 37.2 Å². The second-order valence-corrected chi connectivity index (χ2v) is 7.05. The lowest BCUT2D eigenvalue weighted by Crippen LogP contribution is -2.35. The van der Waals surface area contributed by atoms with Gasteiger partial charge in [0.15, 0.2) is 0 Å². The molecule has 0 amide bonds. The topological polar surface area (TPSA) is 28.2 Å². The number of thiazole rings is 1. The molecule has 21 heavy (non-hydrogen) atoms. The molecular formula is C17H23N3S. The van der Waals surface area contributed by atoms with Crippen LogP contribution >= 0.6 is 11.3 Å². The van der Waals surface area contributed by atoms with E-state index in [0.717, 1.165) is 23.2 Å². The zero-order chi connectivity index (χ0) is 14.7. The highest BCUT2D eigenvalue weighted by Gasteiger charge is 2.16. The van der Waals surface area contributed by atoms with E-state index in [2.05, 4.69) is 58.8 Å². The van der Waals surface area contributed by atoms with Crippen LogP contribution in [0.2, 0.25) is 0 Å². The van der Waals surface area contributed by atoms with Crippen LogP contribution in [0.4, 0.5) is 5.69 Å². The quantitative estimate of drug-likeness (QED) is 0.929. The van der Waals surface area contributed by atoms with Crippen molar-refractivity contribution >= 4 is 17.0 Å². The summed E-state index contributed by atoms with van der Waals surface area (Å²) in [5, 5.41) is 6.85. The van der Waals surface area contributed by atoms with Crippen molar-refractivity contribution in [2.45, 2.75) is 19.8 Å². The summed E-state index contributed by atoms with van der Waals surface area (Å²) in [4.78, 5) is 7.00. The number of benzene rings is 1. The number of hydrogen-bond acceptors (Lipinski definition) is 4. The van der Waals surface area contributed by atoms with Gasteiger partial charge in [0.2, 0.25) is 0 Å². The second-order valence-electron chi connectivity index (χ2n) is 5.98. The first kappa shape index (κ1) is 14.5. The summed E-state index contributed by atoms with van der Waals surface area (Å²) in [5.74, 6) is 0.758. The molecule has 1 unspecified atom stereocenters. The van der Waals surface area contributed by atoms with Crippen molar-refractivity contribution in [1.29, 1.82) is 0 Å². The second kappa shape index (κ2) is 6.58. The van der Waals surface area contributed by atoms with E-state index in [0.29, 0.717) is 0 Å². The molecule has 0 saturated carbocycles. The fourth-order valence-corrected chi connectivity index (χ4v) is 3.61. The number of nitrogens with zero attached hydrogens (tertiary/aromatic N) is 2. The van der Waals surface area contributed by atoms with Gasteiger partial charge < -0.3 is 10.2 Å². The summed E-state index contributed by atoms with van der Waals surface area (Å²) in [6.07, 6.45) is 2.66. The summed E-state index contributed by atoms with van der Waals surface area (Å²) < 4.78 is 0. The number of anilines is 1. The van der Waals surface area contributed by atoms with Crippen LogP contribution in [0.15, 0.2) is 29.6 Å². The number of rotatable bonds is 4. The lowest BCUT2D eigenvalue weighted by Gasteiger charge is -2.30. The zero-order valence-electron chi connectivity index (χ0n) is 12.8. The smallest absolute Gasteiger partial charge is 0.0901 e. The Kier molecular flexibility index (Phi) is 4.56. The van der Waals surface area contributed by atoms with Crippen LogP contribution in [0.3, 0.4) is 0 Å². The zero-order valence-corrected chi connectivity index (χ0v) is 13.6. The van der Waals surface area contributed by atoms with Gasteiger partial charge >= 0.3 is 0 Å². The Hall–Kier alpha value is -1.39. The molecule has 0 aliphatic carbocycles. The molecule has 0 spiro atoms. The Bertz CT molecular complexity index is 593. The minimum absolute atomic E-state index is 0.758. The van der Waals surface area contributed by atoms with E-state index < -0.39 is 0 Å². The van der Waals surface area contributed by atoms with Gasteiger partial charge in [-0.3, -0.25) is 0 Å². The van der Waals surface area contributed by atoms with Gasteiger partial charge in [0.05, 0.1) is 10.7 Å². The SMILES string of the molecule is Cc1nc(-c2cccc(NCC3CCCN(C)C3)c2)cs1. The Balaban J connectivity index is 1.63. The maximum absolute atomic E-state index is 4.57. The first-order chi connectivity index (χ1) is 10.2. The fourth-order valence-electron chi connectivity index (χ4n) is 2.99. The summed E-state index contributed by atoms with van der Waals surface area (Å²) in [6, 6.07) is 8.60. The largest absolute Gasteiger partial charge is 0.385 e. The molecule has 1 saturated heterocycles. The molecule has 112 valence electrons. The third kappa shape index (κ3) is 3.83. The third-order valence-corrected chi connectivity index (χ3v) is 4.87. The Morgan fingerprint density at radius 3 is 3.10 bits per heavy atom. The number of hydrogen-bond donors (Lipinski definition) is 1. The maximum Gasteiger partial charge on any atom is 0.0901 e. The van der Waals surface area contributed by atoms with Crippen LogP contribution in [0, 0.1) is 12.8 Å². The highest BCUT2D eigenvalue weighted by molar-refractivity contribution is 7.09. The molecule has 1 N–H and O–H groups in total. The number of aromatic nitrogens is 1. The van der Waals surface area contributed by atoms with Gasteiger partial charge in [-0.2, -0.15) is 0 Å². The van der Waals surface area contributed by atoms with Crippen molar-refractivity contribution in [1.82, 2.24) is 9.88 Å². The molecule has 1 aliphatic rings. The van der Waals surface area contributed by atoms with Crippen molar-refractivity contribution in [2.75, 3.05) is 32.0 Å². The highest BCUT2D eigenvalue weighted by atomic mass is 32.1. The van der Waals surface area contributed by atoms with Gasteiger partial charge in [-0.25, -0.2) is 4.98 Å². The molecule has 2 heterocycles. The molecule has 1 aromatic heterocycles. The van der Waals surface area contributed by atoms with Crippen molar-refractivity contribution in [3.05, 3.63) is 34.7 Å². The number of nitrogens with one attached hydrogen (secondary N) is 1. The summed E-state index contributed by atoms with van der Waals surface area (Å²) in [5.41, 5.74) is 3.48. The maximum atomic E-state index is 4.57. The van der Waals surface area contributed by atoms with E-state index in [-0.39, 0.29) is 0 Å². The van der Waals surface area contributed by atoms with E-state index >= 15 is 0 Å². The molecule has 1 atom stereocenters. The molecule has 2 aromatic rings. The average molecular weight is 301 g/mol. The van der Waals surface area contributed by atoms with Gasteiger partial charge in [0.25, 0.3) is 0 Å². The van der Waals surface area contributed by atoms with Gasteiger partial charge in [0, 0.05) is 29.7 Å². The van der Waals surface area contributed by atoms with Crippen molar-refractivity contribution in [3.8, 4) is 11.3 Å². The first-order valence-corrected chi connectivity index (χ1v) is 8.53. The lowest BCUT2D eigenvalue weighted by molar-refractivity contribution is 0.217. The van der Waals surface area contributed by atoms with Crippen LogP contribution in [0.5, 0.6) is 0 Å². The van der Waals surface area contributed by atoms with Crippen LogP contribution in [0.25, 0.3) is 11.3 Å². The van der Waals surface area contributed by atoms with Crippen molar-refractivity contribution < 1.29 is 0 Å². The normalized spacial score (nSPS) is 19.6. The Morgan fingerprint density at radius 2 is 2.33 bits per heavy atom. The Morgan fingerprint density at radius 1 is 1.43 bits per heavy atom. The predicted octanol–water partition coefficient (Wildman–Crippen LogP) is 3.87.